The molecule has 0 fully saturated rings. The Morgan fingerprint density at radius 1 is 1.29 bits per heavy atom. The first-order valence-electron chi connectivity index (χ1n) is 4.28. The van der Waals surface area contributed by atoms with Gasteiger partial charge >= 0.3 is 5.97 Å². The fourth-order valence-electron chi connectivity index (χ4n) is 0.735. The average Bonchev–Trinajstić information content (AvgIpc) is 2.11. The summed E-state index contributed by atoms with van der Waals surface area (Å²) in [4.78, 5) is 10.9. The zero-order valence-corrected chi connectivity index (χ0v) is 8.87. The largest absolute Gasteiger partial charge is 0.492 e. The van der Waals surface area contributed by atoms with Crippen LogP contribution >= 0.6 is 0 Å². The molecule has 0 atom stereocenters. The van der Waals surface area contributed by atoms with E-state index in [1.807, 2.05) is 13.8 Å². The Kier molecular flexibility index (Phi) is 5.37. The van der Waals surface area contributed by atoms with Gasteiger partial charge in [0.15, 0.2) is 0 Å². The first-order valence-corrected chi connectivity index (χ1v) is 4.28. The van der Waals surface area contributed by atoms with E-state index >= 15 is 0 Å². The molecular formula is C11H16O3. The highest BCUT2D eigenvalue weighted by atomic mass is 16.5. The number of hydrogen-bond donors (Lipinski definition) is 0. The summed E-state index contributed by atoms with van der Waals surface area (Å²) in [5, 5.41) is 0. The number of carbonyl (C=O) groups is 1. The number of carbonyl (C=O) groups excluding carboxylic acids is 1. The van der Waals surface area contributed by atoms with Gasteiger partial charge in [0.2, 0.25) is 0 Å². The molecule has 0 saturated heterocycles. The molecule has 0 saturated carbocycles. The minimum absolute atomic E-state index is 0.0681. The van der Waals surface area contributed by atoms with Crippen LogP contribution < -0.4 is 0 Å². The van der Waals surface area contributed by atoms with Crippen molar-refractivity contribution in [2.75, 3.05) is 7.11 Å². The lowest BCUT2D eigenvalue weighted by Crippen LogP contribution is -2.02. The zero-order valence-electron chi connectivity index (χ0n) is 8.87. The smallest absolute Gasteiger partial charge is 0.337 e. The third kappa shape index (κ3) is 5.19. The monoisotopic (exact) mass is 196 g/mol. The first kappa shape index (κ1) is 12.5. The fraction of sp³-hybridized carbons (Fsp3) is 0.364. The molecule has 0 aliphatic heterocycles. The Hall–Kier alpha value is -1.51. The van der Waals surface area contributed by atoms with E-state index in [0.29, 0.717) is 5.76 Å². The Bertz CT molecular complexity index is 262. The average molecular weight is 196 g/mol. The molecule has 0 radical (unpaired) electrons. The van der Waals surface area contributed by atoms with Crippen LogP contribution in [-0.2, 0) is 14.3 Å². The van der Waals surface area contributed by atoms with Crippen LogP contribution in [0.4, 0.5) is 0 Å². The maximum absolute atomic E-state index is 10.9. The lowest BCUT2D eigenvalue weighted by Gasteiger charge is -2.08. The minimum atomic E-state index is -0.460. The number of ether oxygens (including phenoxy) is 2. The first-order chi connectivity index (χ1) is 6.47. The summed E-state index contributed by atoms with van der Waals surface area (Å²) in [6, 6.07) is 0. The van der Waals surface area contributed by atoms with E-state index in [4.69, 9.17) is 4.74 Å². The van der Waals surface area contributed by atoms with Crippen LogP contribution in [-0.4, -0.2) is 19.2 Å². The molecule has 14 heavy (non-hydrogen) atoms. The van der Waals surface area contributed by atoms with Crippen molar-refractivity contribution in [1.82, 2.24) is 0 Å². The quantitative estimate of drug-likeness (QED) is 0.293. The van der Waals surface area contributed by atoms with Crippen LogP contribution in [0.1, 0.15) is 13.8 Å². The molecule has 0 heterocycles. The highest BCUT2D eigenvalue weighted by Gasteiger charge is 2.01. The van der Waals surface area contributed by atoms with Crippen LogP contribution in [0.2, 0.25) is 0 Å². The molecule has 0 N–H and O–H groups in total. The van der Waals surface area contributed by atoms with E-state index in [-0.39, 0.29) is 11.7 Å². The predicted octanol–water partition coefficient (Wildman–Crippen LogP) is 2.21. The molecule has 3 heteroatoms. The topological polar surface area (TPSA) is 35.5 Å². The lowest BCUT2D eigenvalue weighted by molar-refractivity contribution is -0.135. The molecule has 0 unspecified atom stereocenters. The van der Waals surface area contributed by atoms with Crippen molar-refractivity contribution in [3.63, 3.8) is 0 Å². The SMILES string of the molecule is C=C(/C=C\C(=C)C(=O)OC)OC(C)C. The van der Waals surface area contributed by atoms with E-state index < -0.39 is 5.97 Å². The summed E-state index contributed by atoms with van der Waals surface area (Å²) in [6.07, 6.45) is 3.16. The second-order valence-electron chi connectivity index (χ2n) is 2.98. The molecule has 0 bridgehead atoms. The van der Waals surface area contributed by atoms with Gasteiger partial charge in [-0.3, -0.25) is 0 Å². The number of esters is 1. The second-order valence-corrected chi connectivity index (χ2v) is 2.98. The van der Waals surface area contributed by atoms with Gasteiger partial charge in [0.1, 0.15) is 5.76 Å². The normalized spacial score (nSPS) is 10.3. The highest BCUT2D eigenvalue weighted by molar-refractivity contribution is 5.90. The Labute approximate surface area is 84.7 Å². The van der Waals surface area contributed by atoms with Crippen molar-refractivity contribution in [2.45, 2.75) is 20.0 Å². The zero-order chi connectivity index (χ0) is 11.1. The van der Waals surface area contributed by atoms with E-state index in [2.05, 4.69) is 17.9 Å². The molecular weight excluding hydrogens is 180 g/mol. The number of hydrogen-bond acceptors (Lipinski definition) is 3. The Balaban J connectivity index is 4.11. The Morgan fingerprint density at radius 2 is 1.86 bits per heavy atom. The molecule has 3 nitrogen and oxygen atoms in total. The van der Waals surface area contributed by atoms with Crippen LogP contribution in [0.15, 0.2) is 36.6 Å². The number of methoxy groups -OCH3 is 1. The van der Waals surface area contributed by atoms with Crippen molar-refractivity contribution in [2.24, 2.45) is 0 Å². The van der Waals surface area contributed by atoms with Gasteiger partial charge in [0, 0.05) is 0 Å². The predicted molar refractivity (Wildman–Crippen MR) is 55.7 cm³/mol. The van der Waals surface area contributed by atoms with Crippen LogP contribution in [0.25, 0.3) is 0 Å². The molecule has 0 aliphatic carbocycles. The summed E-state index contributed by atoms with van der Waals surface area (Å²) in [6.45, 7) is 11.0. The van der Waals surface area contributed by atoms with Gasteiger partial charge in [-0.1, -0.05) is 13.2 Å². The maximum Gasteiger partial charge on any atom is 0.337 e. The molecule has 78 valence electrons. The van der Waals surface area contributed by atoms with Crippen molar-refractivity contribution >= 4 is 5.97 Å². The van der Waals surface area contributed by atoms with Crippen molar-refractivity contribution in [1.29, 1.82) is 0 Å². The lowest BCUT2D eigenvalue weighted by atomic mass is 10.2. The third-order valence-electron chi connectivity index (χ3n) is 1.31. The summed E-state index contributed by atoms with van der Waals surface area (Å²) < 4.78 is 9.70. The highest BCUT2D eigenvalue weighted by Crippen LogP contribution is 2.04. The molecule has 0 aliphatic rings. The van der Waals surface area contributed by atoms with Gasteiger partial charge < -0.3 is 9.47 Å². The third-order valence-corrected chi connectivity index (χ3v) is 1.31. The number of allylic oxidation sites excluding steroid dienone is 1. The van der Waals surface area contributed by atoms with Crippen LogP contribution in [0, 0.1) is 0 Å². The maximum atomic E-state index is 10.9. The standard InChI is InChI=1S/C11H16O3/c1-8(2)14-10(4)7-6-9(3)11(12)13-5/h6-8H,3-4H2,1-2,5H3/b7-6-. The van der Waals surface area contributed by atoms with E-state index in [0.717, 1.165) is 0 Å². The summed E-state index contributed by atoms with van der Waals surface area (Å²) >= 11 is 0. The summed E-state index contributed by atoms with van der Waals surface area (Å²) in [7, 11) is 1.31. The van der Waals surface area contributed by atoms with Crippen molar-refractivity contribution < 1.29 is 14.3 Å². The molecule has 0 rings (SSSR count). The molecule has 0 aromatic heterocycles. The second kappa shape index (κ2) is 6.02. The fourth-order valence-corrected chi connectivity index (χ4v) is 0.735. The van der Waals surface area contributed by atoms with E-state index in [1.165, 1.54) is 13.2 Å². The van der Waals surface area contributed by atoms with Gasteiger partial charge in [0.25, 0.3) is 0 Å². The van der Waals surface area contributed by atoms with Gasteiger partial charge in [-0.15, -0.1) is 0 Å². The van der Waals surface area contributed by atoms with Crippen LogP contribution in [0.3, 0.4) is 0 Å². The van der Waals surface area contributed by atoms with E-state index in [9.17, 15) is 4.79 Å². The van der Waals surface area contributed by atoms with Crippen molar-refractivity contribution in [3.8, 4) is 0 Å². The molecule has 0 aromatic carbocycles. The van der Waals surface area contributed by atoms with Crippen molar-refractivity contribution in [3.05, 3.63) is 36.6 Å². The van der Waals surface area contributed by atoms with Gasteiger partial charge in [-0.25, -0.2) is 4.79 Å². The number of rotatable bonds is 5. The summed E-state index contributed by atoms with van der Waals surface area (Å²) in [5.74, 6) is 0.0312. The van der Waals surface area contributed by atoms with Gasteiger partial charge in [0.05, 0.1) is 18.8 Å². The molecule has 0 spiro atoms. The van der Waals surface area contributed by atoms with Gasteiger partial charge in [-0.2, -0.15) is 0 Å². The van der Waals surface area contributed by atoms with Crippen LogP contribution in [0.5, 0.6) is 0 Å². The van der Waals surface area contributed by atoms with E-state index in [1.54, 1.807) is 6.08 Å². The Morgan fingerprint density at radius 3 is 2.29 bits per heavy atom. The van der Waals surface area contributed by atoms with Gasteiger partial charge in [-0.05, 0) is 26.0 Å². The molecule has 0 aromatic rings. The molecule has 0 amide bonds. The summed E-state index contributed by atoms with van der Waals surface area (Å²) in [5.41, 5.74) is 0.265. The minimum Gasteiger partial charge on any atom is -0.492 e.